The van der Waals surface area contributed by atoms with Gasteiger partial charge in [0.1, 0.15) is 0 Å². The van der Waals surface area contributed by atoms with Gasteiger partial charge in [0.15, 0.2) is 5.96 Å². The summed E-state index contributed by atoms with van der Waals surface area (Å²) in [7, 11) is 0. The molecule has 2 N–H and O–H groups in total. The Labute approximate surface area is 133 Å². The summed E-state index contributed by atoms with van der Waals surface area (Å²) in [6, 6.07) is 0.882. The van der Waals surface area contributed by atoms with E-state index in [-0.39, 0.29) is 5.41 Å². The van der Waals surface area contributed by atoms with Crippen molar-refractivity contribution in [2.24, 2.45) is 16.3 Å². The fourth-order valence-corrected chi connectivity index (χ4v) is 5.02. The average Bonchev–Trinajstić information content (AvgIpc) is 3.20. The lowest BCUT2D eigenvalue weighted by Crippen LogP contribution is -2.68. The van der Waals surface area contributed by atoms with E-state index in [1.165, 1.54) is 19.3 Å². The number of hydrogen-bond acceptors (Lipinski definition) is 3. The number of ether oxygens (including phenoxy) is 2. The number of aliphatic imine (C=N–C) groups is 1. The first-order valence-corrected chi connectivity index (χ1v) is 8.94. The van der Waals surface area contributed by atoms with Crippen molar-refractivity contribution < 1.29 is 9.47 Å². The minimum absolute atomic E-state index is 0.183. The minimum Gasteiger partial charge on any atom is -0.377 e. The molecule has 22 heavy (non-hydrogen) atoms. The smallest absolute Gasteiger partial charge is 0.191 e. The maximum Gasteiger partial charge on any atom is 0.191 e. The second-order valence-corrected chi connectivity index (χ2v) is 7.87. The summed E-state index contributed by atoms with van der Waals surface area (Å²) in [4.78, 5) is 4.67. The van der Waals surface area contributed by atoms with Crippen LogP contribution >= 0.6 is 0 Å². The number of guanidine groups is 1. The van der Waals surface area contributed by atoms with Crippen LogP contribution in [0.25, 0.3) is 0 Å². The van der Waals surface area contributed by atoms with Crippen molar-refractivity contribution in [3.05, 3.63) is 0 Å². The molecule has 4 fully saturated rings. The van der Waals surface area contributed by atoms with Crippen LogP contribution in [0.3, 0.4) is 0 Å². The van der Waals surface area contributed by atoms with E-state index in [2.05, 4.69) is 36.4 Å². The lowest BCUT2D eigenvalue weighted by atomic mass is 9.57. The van der Waals surface area contributed by atoms with Gasteiger partial charge in [0.2, 0.25) is 0 Å². The van der Waals surface area contributed by atoms with Gasteiger partial charge in [-0.2, -0.15) is 0 Å². The molecule has 5 heteroatoms. The van der Waals surface area contributed by atoms with Gasteiger partial charge in [0.25, 0.3) is 0 Å². The molecule has 1 aliphatic carbocycles. The molecule has 1 saturated carbocycles. The fraction of sp³-hybridized carbons (Fsp3) is 0.941. The van der Waals surface area contributed by atoms with Crippen LogP contribution in [0.1, 0.15) is 46.5 Å². The van der Waals surface area contributed by atoms with E-state index in [4.69, 9.17) is 9.47 Å². The minimum atomic E-state index is 0.183. The second-order valence-electron chi connectivity index (χ2n) is 7.87. The Morgan fingerprint density at radius 3 is 2.77 bits per heavy atom. The number of rotatable bonds is 3. The van der Waals surface area contributed by atoms with Crippen LogP contribution in [0.2, 0.25) is 0 Å². The van der Waals surface area contributed by atoms with Crippen molar-refractivity contribution in [1.29, 1.82) is 0 Å². The van der Waals surface area contributed by atoms with Gasteiger partial charge in [0.05, 0.1) is 24.4 Å². The third kappa shape index (κ3) is 2.24. The monoisotopic (exact) mass is 307 g/mol. The molecular weight excluding hydrogens is 278 g/mol. The van der Waals surface area contributed by atoms with Gasteiger partial charge in [-0.05, 0) is 32.6 Å². The van der Waals surface area contributed by atoms with Crippen molar-refractivity contribution in [2.75, 3.05) is 13.2 Å². The van der Waals surface area contributed by atoms with E-state index in [0.29, 0.717) is 36.3 Å². The summed E-state index contributed by atoms with van der Waals surface area (Å²) in [6.45, 7) is 8.41. The lowest BCUT2D eigenvalue weighted by Gasteiger charge is -2.55. The predicted molar refractivity (Wildman–Crippen MR) is 86.0 cm³/mol. The van der Waals surface area contributed by atoms with Crippen molar-refractivity contribution in [3.63, 3.8) is 0 Å². The lowest BCUT2D eigenvalue weighted by molar-refractivity contribution is -0.106. The Bertz CT molecular complexity index is 465. The van der Waals surface area contributed by atoms with Gasteiger partial charge in [-0.3, -0.25) is 4.99 Å². The number of nitrogens with one attached hydrogen (secondary N) is 2. The number of hydrogen-bond donors (Lipinski definition) is 2. The predicted octanol–water partition coefficient (Wildman–Crippen LogP) is 1.67. The summed E-state index contributed by atoms with van der Waals surface area (Å²) in [5, 5.41) is 7.34. The molecule has 124 valence electrons. The van der Waals surface area contributed by atoms with Crippen LogP contribution in [0.4, 0.5) is 0 Å². The first kappa shape index (κ1) is 14.8. The van der Waals surface area contributed by atoms with E-state index in [1.807, 2.05) is 0 Å². The molecule has 0 aromatic rings. The van der Waals surface area contributed by atoms with E-state index >= 15 is 0 Å². The Morgan fingerprint density at radius 1 is 1.23 bits per heavy atom. The van der Waals surface area contributed by atoms with Crippen LogP contribution in [0.15, 0.2) is 4.99 Å². The van der Waals surface area contributed by atoms with E-state index in [0.717, 1.165) is 25.5 Å². The molecule has 6 atom stereocenters. The van der Waals surface area contributed by atoms with Gasteiger partial charge < -0.3 is 20.1 Å². The first-order valence-electron chi connectivity index (χ1n) is 8.94. The van der Waals surface area contributed by atoms with E-state index in [9.17, 15) is 0 Å². The molecule has 3 heterocycles. The largest absolute Gasteiger partial charge is 0.377 e. The Hall–Kier alpha value is -0.810. The highest BCUT2D eigenvalue weighted by atomic mass is 16.5. The van der Waals surface area contributed by atoms with Gasteiger partial charge in [0, 0.05) is 30.5 Å². The molecule has 0 radical (unpaired) electrons. The van der Waals surface area contributed by atoms with Crippen LogP contribution in [-0.4, -0.2) is 49.5 Å². The molecule has 6 unspecified atom stereocenters. The molecule has 4 aliphatic rings. The van der Waals surface area contributed by atoms with Crippen molar-refractivity contribution >= 4 is 5.96 Å². The zero-order valence-corrected chi connectivity index (χ0v) is 14.0. The van der Waals surface area contributed by atoms with Crippen molar-refractivity contribution in [1.82, 2.24) is 10.6 Å². The normalized spacial score (nSPS) is 45.5. The zero-order chi connectivity index (χ0) is 15.3. The molecule has 0 aromatic heterocycles. The number of fused-ring (bicyclic) bond motifs is 3. The fourth-order valence-electron chi connectivity index (χ4n) is 5.02. The molecule has 0 spiro atoms. The third-order valence-corrected chi connectivity index (χ3v) is 6.14. The summed E-state index contributed by atoms with van der Waals surface area (Å²) in [5.41, 5.74) is 0.183. The van der Waals surface area contributed by atoms with E-state index in [1.54, 1.807) is 0 Å². The summed E-state index contributed by atoms with van der Waals surface area (Å²) in [6.07, 6.45) is 5.98. The summed E-state index contributed by atoms with van der Waals surface area (Å²) < 4.78 is 11.8. The Balaban J connectivity index is 1.41. The van der Waals surface area contributed by atoms with Crippen molar-refractivity contribution in [3.8, 4) is 0 Å². The van der Waals surface area contributed by atoms with Gasteiger partial charge in [-0.15, -0.1) is 0 Å². The topological polar surface area (TPSA) is 54.9 Å². The van der Waals surface area contributed by atoms with Gasteiger partial charge in [-0.1, -0.05) is 13.8 Å². The van der Waals surface area contributed by atoms with E-state index < -0.39 is 0 Å². The standard InChI is InChI=1S/C17H29N3O2/c1-4-18-16(19-12-9-10-5-6-13(12)22-10)20-14-11-7-8-21-15(11)17(14,2)3/h10-15H,4-9H2,1-3H3,(H2,18,19,20). The number of nitrogens with zero attached hydrogens (tertiary/aromatic N) is 1. The van der Waals surface area contributed by atoms with Gasteiger partial charge in [-0.25, -0.2) is 0 Å². The highest BCUT2D eigenvalue weighted by Gasteiger charge is 2.59. The first-order chi connectivity index (χ1) is 10.6. The van der Waals surface area contributed by atoms with Crippen LogP contribution in [0, 0.1) is 11.3 Å². The SMILES string of the molecule is CCN=C(NC1CC2CCC1O2)NC1C2CCOC2C1(C)C. The Kier molecular flexibility index (Phi) is 3.61. The van der Waals surface area contributed by atoms with Crippen LogP contribution in [0.5, 0.6) is 0 Å². The molecule has 3 aliphatic heterocycles. The molecule has 3 saturated heterocycles. The highest BCUT2D eigenvalue weighted by molar-refractivity contribution is 5.81. The zero-order valence-electron chi connectivity index (χ0n) is 14.0. The molecule has 4 rings (SSSR count). The summed E-state index contributed by atoms with van der Waals surface area (Å²) in [5.74, 6) is 1.60. The molecule has 0 amide bonds. The maximum atomic E-state index is 5.95. The van der Waals surface area contributed by atoms with Crippen molar-refractivity contribution in [2.45, 2.75) is 76.9 Å². The average molecular weight is 307 g/mol. The second kappa shape index (κ2) is 5.38. The van der Waals surface area contributed by atoms with Crippen LogP contribution < -0.4 is 10.6 Å². The highest BCUT2D eigenvalue weighted by Crippen LogP contribution is 2.52. The summed E-state index contributed by atoms with van der Waals surface area (Å²) >= 11 is 0. The van der Waals surface area contributed by atoms with Crippen LogP contribution in [-0.2, 0) is 9.47 Å². The molecule has 0 aromatic carbocycles. The maximum absolute atomic E-state index is 5.95. The molecular formula is C17H29N3O2. The third-order valence-electron chi connectivity index (χ3n) is 6.14. The van der Waals surface area contributed by atoms with Gasteiger partial charge >= 0.3 is 0 Å². The Morgan fingerprint density at radius 2 is 2.09 bits per heavy atom. The molecule has 2 bridgehead atoms. The molecule has 5 nitrogen and oxygen atoms in total. The quantitative estimate of drug-likeness (QED) is 0.615.